The van der Waals surface area contributed by atoms with Crippen LogP contribution in [0, 0.1) is 12.8 Å². The zero-order valence-electron chi connectivity index (χ0n) is 19.6. The first kappa shape index (κ1) is 23.3. The quantitative estimate of drug-likeness (QED) is 0.670. The van der Waals surface area contributed by atoms with Crippen molar-refractivity contribution in [2.75, 3.05) is 35.8 Å². The average molecular weight is 470 g/mol. The molecular formula is C25H31N3O4S. The molecule has 2 amide bonds. The lowest BCUT2D eigenvalue weighted by Gasteiger charge is -2.19. The molecule has 7 nitrogen and oxygen atoms in total. The maximum absolute atomic E-state index is 13.2. The molecule has 1 heterocycles. The second-order valence-corrected chi connectivity index (χ2v) is 11.7. The van der Waals surface area contributed by atoms with E-state index in [4.69, 9.17) is 0 Å². The van der Waals surface area contributed by atoms with Crippen LogP contribution in [0.5, 0.6) is 0 Å². The van der Waals surface area contributed by atoms with Gasteiger partial charge in [0.1, 0.15) is 0 Å². The molecule has 2 aromatic rings. The fourth-order valence-electron chi connectivity index (χ4n) is 4.32. The fraction of sp³-hybridized carbons (Fsp3) is 0.440. The number of hydrogen-bond donors (Lipinski definition) is 1. The van der Waals surface area contributed by atoms with Crippen LogP contribution in [0.15, 0.2) is 41.3 Å². The molecule has 1 aliphatic heterocycles. The van der Waals surface area contributed by atoms with Gasteiger partial charge >= 0.3 is 0 Å². The molecule has 0 saturated heterocycles. The van der Waals surface area contributed by atoms with Gasteiger partial charge in [-0.05, 0) is 74.6 Å². The number of benzene rings is 2. The number of aryl methyl sites for hydroxylation is 1. The highest BCUT2D eigenvalue weighted by molar-refractivity contribution is 7.92. The molecule has 4 rings (SSSR count). The zero-order valence-corrected chi connectivity index (χ0v) is 20.4. The van der Waals surface area contributed by atoms with Crippen molar-refractivity contribution < 1.29 is 18.0 Å². The number of amides is 2. The smallest absolute Gasteiger partial charge is 0.230 e. The van der Waals surface area contributed by atoms with Gasteiger partial charge in [-0.15, -0.1) is 0 Å². The van der Waals surface area contributed by atoms with Crippen molar-refractivity contribution in [2.45, 2.75) is 49.7 Å². The van der Waals surface area contributed by atoms with Gasteiger partial charge in [0.25, 0.3) is 0 Å². The Morgan fingerprint density at radius 2 is 1.88 bits per heavy atom. The molecule has 0 spiro atoms. The summed E-state index contributed by atoms with van der Waals surface area (Å²) in [5.74, 6) is -0.0786. The maximum atomic E-state index is 13.2. The number of anilines is 3. The van der Waals surface area contributed by atoms with Crippen LogP contribution in [0.4, 0.5) is 17.1 Å². The number of hydrogen-bond acceptors (Lipinski definition) is 5. The standard InChI is InChI=1S/C25H31N3O4S/c1-16-5-8-20(15-23(16)27(3)4)26-24(29)13-17(2)33(31,32)21-9-10-22-19(14-21)11-12-28(22)25(30)18-6-7-18/h5,8-10,14-15,17-18H,6-7,11-13H2,1-4H3,(H,26,29). The van der Waals surface area contributed by atoms with Gasteiger partial charge in [-0.1, -0.05) is 6.07 Å². The molecule has 176 valence electrons. The van der Waals surface area contributed by atoms with E-state index < -0.39 is 15.1 Å². The SMILES string of the molecule is Cc1ccc(NC(=O)CC(C)S(=O)(=O)c2ccc3c(c2)CCN3C(=O)C2CC2)cc1N(C)C. The Kier molecular flexibility index (Phi) is 6.22. The van der Waals surface area contributed by atoms with Crippen molar-refractivity contribution in [3.63, 3.8) is 0 Å². The topological polar surface area (TPSA) is 86.8 Å². The predicted molar refractivity (Wildman–Crippen MR) is 131 cm³/mol. The van der Waals surface area contributed by atoms with Crippen LogP contribution in [-0.4, -0.2) is 46.1 Å². The number of nitrogens with zero attached hydrogens (tertiary/aromatic N) is 2. The molecule has 1 N–H and O–H groups in total. The van der Waals surface area contributed by atoms with Crippen LogP contribution in [0.2, 0.25) is 0 Å². The number of rotatable bonds is 7. The molecule has 2 aliphatic rings. The highest BCUT2D eigenvalue weighted by atomic mass is 32.2. The van der Waals surface area contributed by atoms with Gasteiger partial charge in [0.2, 0.25) is 11.8 Å². The summed E-state index contributed by atoms with van der Waals surface area (Å²) in [5, 5.41) is 1.95. The van der Waals surface area contributed by atoms with Crippen molar-refractivity contribution in [3.05, 3.63) is 47.5 Å². The van der Waals surface area contributed by atoms with Crippen LogP contribution in [-0.2, 0) is 25.8 Å². The predicted octanol–water partition coefficient (Wildman–Crippen LogP) is 3.55. The summed E-state index contributed by atoms with van der Waals surface area (Å²) >= 11 is 0. The number of carbonyl (C=O) groups is 2. The number of carbonyl (C=O) groups excluding carboxylic acids is 2. The summed E-state index contributed by atoms with van der Waals surface area (Å²) in [6.07, 6.45) is 2.38. The van der Waals surface area contributed by atoms with Gasteiger partial charge in [0, 0.05) is 50.0 Å². The minimum atomic E-state index is -3.69. The number of nitrogens with one attached hydrogen (secondary N) is 1. The molecule has 1 atom stereocenters. The summed E-state index contributed by atoms with van der Waals surface area (Å²) < 4.78 is 26.3. The largest absolute Gasteiger partial charge is 0.377 e. The van der Waals surface area contributed by atoms with Gasteiger partial charge in [-0.25, -0.2) is 8.42 Å². The van der Waals surface area contributed by atoms with Crippen molar-refractivity contribution >= 4 is 38.7 Å². The third-order valence-corrected chi connectivity index (χ3v) is 8.58. The molecule has 2 aromatic carbocycles. The number of fused-ring (bicyclic) bond motifs is 1. The highest BCUT2D eigenvalue weighted by Gasteiger charge is 2.37. The van der Waals surface area contributed by atoms with E-state index in [1.165, 1.54) is 0 Å². The Morgan fingerprint density at radius 3 is 2.55 bits per heavy atom. The Balaban J connectivity index is 1.45. The second kappa shape index (κ2) is 8.82. The van der Waals surface area contributed by atoms with E-state index in [0.717, 1.165) is 35.3 Å². The summed E-state index contributed by atoms with van der Waals surface area (Å²) in [5.41, 5.74) is 4.39. The lowest BCUT2D eigenvalue weighted by atomic mass is 10.1. The van der Waals surface area contributed by atoms with Crippen LogP contribution >= 0.6 is 0 Å². The highest BCUT2D eigenvalue weighted by Crippen LogP contribution is 2.37. The first-order valence-electron chi connectivity index (χ1n) is 11.3. The first-order chi connectivity index (χ1) is 15.6. The summed E-state index contributed by atoms with van der Waals surface area (Å²) in [6.45, 7) is 4.15. The third kappa shape index (κ3) is 4.76. The van der Waals surface area contributed by atoms with Gasteiger partial charge in [-0.3, -0.25) is 9.59 Å². The zero-order chi connectivity index (χ0) is 23.9. The van der Waals surface area contributed by atoms with Crippen molar-refractivity contribution in [2.24, 2.45) is 5.92 Å². The van der Waals surface area contributed by atoms with E-state index in [2.05, 4.69) is 5.32 Å². The van der Waals surface area contributed by atoms with Crippen molar-refractivity contribution in [1.29, 1.82) is 0 Å². The van der Waals surface area contributed by atoms with Gasteiger partial charge < -0.3 is 15.1 Å². The van der Waals surface area contributed by atoms with Gasteiger partial charge in [-0.2, -0.15) is 0 Å². The van der Waals surface area contributed by atoms with Crippen LogP contribution in [0.25, 0.3) is 0 Å². The van der Waals surface area contributed by atoms with E-state index >= 15 is 0 Å². The minimum Gasteiger partial charge on any atom is -0.377 e. The molecule has 1 saturated carbocycles. The molecule has 1 aliphatic carbocycles. The molecule has 0 radical (unpaired) electrons. The molecular weight excluding hydrogens is 438 g/mol. The monoisotopic (exact) mass is 469 g/mol. The van der Waals surface area contributed by atoms with Crippen LogP contribution in [0.1, 0.15) is 37.3 Å². The summed E-state index contributed by atoms with van der Waals surface area (Å²) in [7, 11) is 0.171. The van der Waals surface area contributed by atoms with Crippen molar-refractivity contribution in [3.8, 4) is 0 Å². The molecule has 0 bridgehead atoms. The fourth-order valence-corrected chi connectivity index (χ4v) is 5.72. The average Bonchev–Trinajstić information content (AvgIpc) is 3.53. The van der Waals surface area contributed by atoms with Crippen LogP contribution in [0.3, 0.4) is 0 Å². The van der Waals surface area contributed by atoms with Gasteiger partial charge in [0.05, 0.1) is 10.1 Å². The molecule has 8 heteroatoms. The van der Waals surface area contributed by atoms with E-state index in [1.807, 2.05) is 44.1 Å². The Hall–Kier alpha value is -2.87. The Bertz CT molecular complexity index is 1200. The Labute approximate surface area is 195 Å². The van der Waals surface area contributed by atoms with Crippen LogP contribution < -0.4 is 15.1 Å². The third-order valence-electron chi connectivity index (χ3n) is 6.44. The first-order valence-corrected chi connectivity index (χ1v) is 12.9. The Morgan fingerprint density at radius 1 is 1.15 bits per heavy atom. The lowest BCUT2D eigenvalue weighted by Crippen LogP contribution is -2.30. The van der Waals surface area contributed by atoms with E-state index in [-0.39, 0.29) is 29.0 Å². The summed E-state index contributed by atoms with van der Waals surface area (Å²) in [4.78, 5) is 29.0. The van der Waals surface area contributed by atoms with E-state index in [9.17, 15) is 18.0 Å². The summed E-state index contributed by atoms with van der Waals surface area (Å²) in [6, 6.07) is 10.6. The molecule has 1 unspecified atom stereocenters. The van der Waals surface area contributed by atoms with E-state index in [0.29, 0.717) is 18.7 Å². The van der Waals surface area contributed by atoms with E-state index in [1.54, 1.807) is 30.0 Å². The van der Waals surface area contributed by atoms with Gasteiger partial charge in [0.15, 0.2) is 9.84 Å². The number of sulfone groups is 1. The molecule has 0 aromatic heterocycles. The second-order valence-electron chi connectivity index (χ2n) is 9.31. The molecule has 1 fully saturated rings. The molecule has 33 heavy (non-hydrogen) atoms. The minimum absolute atomic E-state index is 0.125. The lowest BCUT2D eigenvalue weighted by molar-refractivity contribution is -0.119. The normalized spacial score (nSPS) is 16.3. The van der Waals surface area contributed by atoms with Crippen molar-refractivity contribution in [1.82, 2.24) is 0 Å². The maximum Gasteiger partial charge on any atom is 0.230 e.